The Morgan fingerprint density at radius 3 is 2.76 bits per heavy atom. The maximum Gasteiger partial charge on any atom is 0.314 e. The highest BCUT2D eigenvalue weighted by atomic mass is 16.6. The van der Waals surface area contributed by atoms with Crippen molar-refractivity contribution in [3.63, 3.8) is 0 Å². The van der Waals surface area contributed by atoms with Crippen LogP contribution in [0.2, 0.25) is 0 Å². The number of methoxy groups -OCH3 is 1. The summed E-state index contributed by atoms with van der Waals surface area (Å²) in [5.41, 5.74) is 0.292. The highest BCUT2D eigenvalue weighted by Crippen LogP contribution is 2.34. The number of ether oxygens (including phenoxy) is 2. The Bertz CT molecular complexity index is 658. The molecule has 0 radical (unpaired) electrons. The summed E-state index contributed by atoms with van der Waals surface area (Å²) < 4.78 is 10.5. The number of rotatable bonds is 5. The number of pyridine rings is 1. The quantitative estimate of drug-likeness (QED) is 0.672. The number of nitrogens with zero attached hydrogens (tertiary/aromatic N) is 2. The zero-order valence-corrected chi connectivity index (χ0v) is 11.5. The van der Waals surface area contributed by atoms with E-state index < -0.39 is 11.0 Å². The molecule has 7 nitrogen and oxygen atoms in total. The average molecular weight is 290 g/mol. The molecular weight excluding hydrogens is 276 g/mol. The molecule has 1 aromatic carbocycles. The van der Waals surface area contributed by atoms with Crippen LogP contribution < -0.4 is 9.47 Å². The van der Waals surface area contributed by atoms with E-state index in [9.17, 15) is 15.2 Å². The van der Waals surface area contributed by atoms with Gasteiger partial charge in [-0.3, -0.25) is 10.1 Å². The number of nitro benzene ring substituents is 1. The predicted molar refractivity (Wildman–Crippen MR) is 74.6 cm³/mol. The van der Waals surface area contributed by atoms with Crippen molar-refractivity contribution in [1.29, 1.82) is 0 Å². The third-order valence-electron chi connectivity index (χ3n) is 2.81. The first kappa shape index (κ1) is 14.7. The molecule has 1 N–H and O–H groups in total. The van der Waals surface area contributed by atoms with Crippen LogP contribution in [0.25, 0.3) is 0 Å². The second kappa shape index (κ2) is 6.19. The normalized spacial score (nSPS) is 11.8. The molecule has 0 saturated heterocycles. The summed E-state index contributed by atoms with van der Waals surface area (Å²) in [6.45, 7) is 1.58. The van der Waals surface area contributed by atoms with E-state index in [2.05, 4.69) is 4.98 Å². The van der Waals surface area contributed by atoms with E-state index in [1.54, 1.807) is 19.1 Å². The van der Waals surface area contributed by atoms with Gasteiger partial charge in [0.1, 0.15) is 5.75 Å². The first-order valence-electron chi connectivity index (χ1n) is 6.16. The third-order valence-corrected chi connectivity index (χ3v) is 2.81. The van der Waals surface area contributed by atoms with Gasteiger partial charge in [0.15, 0.2) is 5.75 Å². The first-order valence-corrected chi connectivity index (χ1v) is 6.16. The van der Waals surface area contributed by atoms with E-state index in [4.69, 9.17) is 9.47 Å². The first-order chi connectivity index (χ1) is 10.0. The summed E-state index contributed by atoms with van der Waals surface area (Å²) in [4.78, 5) is 14.4. The molecule has 2 rings (SSSR count). The van der Waals surface area contributed by atoms with Gasteiger partial charge in [0.25, 0.3) is 0 Å². The third kappa shape index (κ3) is 3.26. The largest absolute Gasteiger partial charge is 0.490 e. The van der Waals surface area contributed by atoms with Crippen molar-refractivity contribution in [3.05, 3.63) is 52.2 Å². The minimum atomic E-state index is -0.762. The summed E-state index contributed by atoms with van der Waals surface area (Å²) >= 11 is 0. The molecule has 1 aromatic heterocycles. The van der Waals surface area contributed by atoms with Crippen LogP contribution in [0.5, 0.6) is 17.4 Å². The lowest BCUT2D eigenvalue weighted by Gasteiger charge is -2.12. The van der Waals surface area contributed by atoms with E-state index in [1.165, 1.54) is 31.5 Å². The molecule has 0 aliphatic heterocycles. The fraction of sp³-hybridized carbons (Fsp3) is 0.214. The van der Waals surface area contributed by atoms with Gasteiger partial charge in [-0.05, 0) is 31.2 Å². The average Bonchev–Trinajstić information content (AvgIpc) is 2.47. The van der Waals surface area contributed by atoms with Crippen molar-refractivity contribution in [1.82, 2.24) is 4.98 Å². The fourth-order valence-electron chi connectivity index (χ4n) is 1.79. The number of aromatic nitrogens is 1. The fourth-order valence-corrected chi connectivity index (χ4v) is 1.79. The SMILES string of the molecule is COc1ccc(Oc2ncccc2[C@@H](C)O)cc1[N+](=O)[O-]. The molecule has 0 fully saturated rings. The Kier molecular flexibility index (Phi) is 4.34. The van der Waals surface area contributed by atoms with Crippen LogP contribution in [0.15, 0.2) is 36.5 Å². The maximum atomic E-state index is 11.0. The Morgan fingerprint density at radius 1 is 1.38 bits per heavy atom. The van der Waals surface area contributed by atoms with Gasteiger partial charge in [0.05, 0.1) is 24.2 Å². The minimum absolute atomic E-state index is 0.143. The minimum Gasteiger partial charge on any atom is -0.490 e. The molecule has 0 unspecified atom stereocenters. The molecular formula is C14H14N2O5. The van der Waals surface area contributed by atoms with Crippen molar-refractivity contribution in [2.24, 2.45) is 0 Å². The number of aliphatic hydroxyl groups excluding tert-OH is 1. The smallest absolute Gasteiger partial charge is 0.314 e. The number of hydrogen-bond acceptors (Lipinski definition) is 6. The van der Waals surface area contributed by atoms with E-state index in [1.807, 2.05) is 0 Å². The van der Waals surface area contributed by atoms with Crippen LogP contribution >= 0.6 is 0 Å². The molecule has 0 aliphatic carbocycles. The van der Waals surface area contributed by atoms with E-state index >= 15 is 0 Å². The molecule has 0 amide bonds. The molecule has 7 heteroatoms. The van der Waals surface area contributed by atoms with Gasteiger partial charge in [-0.25, -0.2) is 4.98 Å². The highest BCUT2D eigenvalue weighted by Gasteiger charge is 2.17. The summed E-state index contributed by atoms with van der Waals surface area (Å²) in [5, 5.41) is 20.6. The molecule has 0 aliphatic rings. The Balaban J connectivity index is 2.37. The topological polar surface area (TPSA) is 94.7 Å². The van der Waals surface area contributed by atoms with Crippen molar-refractivity contribution in [3.8, 4) is 17.4 Å². The van der Waals surface area contributed by atoms with Crippen LogP contribution in [0.4, 0.5) is 5.69 Å². The Labute approximate surface area is 120 Å². The molecule has 1 atom stereocenters. The van der Waals surface area contributed by atoms with Crippen molar-refractivity contribution >= 4 is 5.69 Å². The van der Waals surface area contributed by atoms with Crippen molar-refractivity contribution in [2.45, 2.75) is 13.0 Å². The molecule has 110 valence electrons. The van der Waals surface area contributed by atoms with Crippen molar-refractivity contribution in [2.75, 3.05) is 7.11 Å². The summed E-state index contributed by atoms with van der Waals surface area (Å²) in [5.74, 6) is 0.583. The van der Waals surface area contributed by atoms with Crippen LogP contribution in [0, 0.1) is 10.1 Å². The number of nitro groups is 1. The second-order valence-electron chi connectivity index (χ2n) is 4.27. The highest BCUT2D eigenvalue weighted by molar-refractivity contribution is 5.51. The standard InChI is InChI=1S/C14H14N2O5/c1-9(17)11-4-3-7-15-14(11)21-10-5-6-13(20-2)12(8-10)16(18)19/h3-9,17H,1-2H3/t9-/m1/s1. The summed E-state index contributed by atoms with van der Waals surface area (Å²) in [6, 6.07) is 7.57. The Morgan fingerprint density at radius 2 is 2.14 bits per heavy atom. The maximum absolute atomic E-state index is 11.0. The lowest BCUT2D eigenvalue weighted by Crippen LogP contribution is -1.99. The molecule has 21 heavy (non-hydrogen) atoms. The zero-order valence-electron chi connectivity index (χ0n) is 11.5. The van der Waals surface area contributed by atoms with Crippen molar-refractivity contribution < 1.29 is 19.5 Å². The second-order valence-corrected chi connectivity index (χ2v) is 4.27. The van der Waals surface area contributed by atoms with Gasteiger partial charge in [-0.15, -0.1) is 0 Å². The number of benzene rings is 1. The van der Waals surface area contributed by atoms with Gasteiger partial charge in [0.2, 0.25) is 5.88 Å². The van der Waals surface area contributed by atoms with E-state index in [-0.39, 0.29) is 23.1 Å². The van der Waals surface area contributed by atoms with E-state index in [0.29, 0.717) is 5.56 Å². The van der Waals surface area contributed by atoms with Gasteiger partial charge < -0.3 is 14.6 Å². The zero-order chi connectivity index (χ0) is 15.4. The van der Waals surface area contributed by atoms with Crippen LogP contribution in [-0.4, -0.2) is 22.1 Å². The predicted octanol–water partition coefficient (Wildman–Crippen LogP) is 2.84. The molecule has 0 saturated carbocycles. The van der Waals surface area contributed by atoms with E-state index in [0.717, 1.165) is 0 Å². The van der Waals surface area contributed by atoms with Crippen LogP contribution in [0.3, 0.4) is 0 Å². The molecule has 0 bridgehead atoms. The van der Waals surface area contributed by atoms with Crippen LogP contribution in [-0.2, 0) is 0 Å². The summed E-state index contributed by atoms with van der Waals surface area (Å²) in [6.07, 6.45) is 0.751. The summed E-state index contributed by atoms with van der Waals surface area (Å²) in [7, 11) is 1.35. The lowest BCUT2D eigenvalue weighted by atomic mass is 10.2. The molecule has 0 spiro atoms. The number of aliphatic hydroxyl groups is 1. The van der Waals surface area contributed by atoms with Gasteiger partial charge in [-0.1, -0.05) is 0 Å². The van der Waals surface area contributed by atoms with Gasteiger partial charge in [-0.2, -0.15) is 0 Å². The Hall–Kier alpha value is -2.67. The van der Waals surface area contributed by atoms with Crippen LogP contribution in [0.1, 0.15) is 18.6 Å². The lowest BCUT2D eigenvalue weighted by molar-refractivity contribution is -0.385. The van der Waals surface area contributed by atoms with Gasteiger partial charge >= 0.3 is 5.69 Å². The van der Waals surface area contributed by atoms with Gasteiger partial charge in [0, 0.05) is 11.8 Å². The molecule has 1 heterocycles. The molecule has 2 aromatic rings. The number of hydrogen-bond donors (Lipinski definition) is 1. The monoisotopic (exact) mass is 290 g/mol.